The Balaban J connectivity index is 2.43. The first kappa shape index (κ1) is 12.0. The normalized spacial score (nSPS) is 10.7. The molecular formula is C11H20N2O2. The average molecular weight is 212 g/mol. The summed E-state index contributed by atoms with van der Waals surface area (Å²) in [5.41, 5.74) is 2.04. The molecule has 1 aromatic rings. The van der Waals surface area contributed by atoms with Crippen LogP contribution in [0, 0.1) is 13.8 Å². The summed E-state index contributed by atoms with van der Waals surface area (Å²) < 4.78 is 5.11. The van der Waals surface area contributed by atoms with Crippen molar-refractivity contribution in [3.8, 4) is 0 Å². The molecule has 0 aliphatic heterocycles. The zero-order valence-corrected chi connectivity index (χ0v) is 9.79. The third-order valence-electron chi connectivity index (χ3n) is 2.53. The van der Waals surface area contributed by atoms with Crippen molar-refractivity contribution in [2.75, 3.05) is 25.1 Å². The number of anilines is 1. The fourth-order valence-electron chi connectivity index (χ4n) is 1.77. The van der Waals surface area contributed by atoms with E-state index in [1.165, 1.54) is 0 Å². The predicted molar refractivity (Wildman–Crippen MR) is 60.2 cm³/mol. The topological polar surface area (TPSA) is 49.5 Å². The number of aliphatic hydroxyl groups is 1. The van der Waals surface area contributed by atoms with Crippen molar-refractivity contribution in [2.45, 2.75) is 33.1 Å². The lowest BCUT2D eigenvalue weighted by atomic mass is 10.2. The maximum Gasteiger partial charge on any atom is 0.157 e. The van der Waals surface area contributed by atoms with Gasteiger partial charge in [0.15, 0.2) is 5.76 Å². The summed E-state index contributed by atoms with van der Waals surface area (Å²) in [5.74, 6) is 0.872. The van der Waals surface area contributed by atoms with Crippen molar-refractivity contribution in [1.29, 1.82) is 0 Å². The van der Waals surface area contributed by atoms with Crippen molar-refractivity contribution in [1.82, 2.24) is 5.16 Å². The van der Waals surface area contributed by atoms with Crippen LogP contribution in [0.3, 0.4) is 0 Å². The van der Waals surface area contributed by atoms with Crippen molar-refractivity contribution < 1.29 is 9.63 Å². The second-order valence-corrected chi connectivity index (χ2v) is 3.88. The van der Waals surface area contributed by atoms with Crippen LogP contribution >= 0.6 is 0 Å². The lowest BCUT2D eigenvalue weighted by molar-refractivity contribution is 0.283. The van der Waals surface area contributed by atoms with Crippen molar-refractivity contribution in [2.24, 2.45) is 0 Å². The van der Waals surface area contributed by atoms with Crippen LogP contribution in [0.5, 0.6) is 0 Å². The second-order valence-electron chi connectivity index (χ2n) is 3.88. The van der Waals surface area contributed by atoms with E-state index < -0.39 is 0 Å². The first-order chi connectivity index (χ1) is 7.16. The molecule has 0 aliphatic carbocycles. The SMILES string of the molecule is Cc1noc(C)c1N(C)CCCCCO. The Hall–Kier alpha value is -1.03. The number of hydrogen-bond acceptors (Lipinski definition) is 4. The summed E-state index contributed by atoms with van der Waals surface area (Å²) >= 11 is 0. The molecule has 0 saturated carbocycles. The fraction of sp³-hybridized carbons (Fsp3) is 0.727. The van der Waals surface area contributed by atoms with Gasteiger partial charge >= 0.3 is 0 Å². The minimum atomic E-state index is 0.287. The molecule has 1 rings (SSSR count). The third kappa shape index (κ3) is 3.23. The molecule has 0 atom stereocenters. The van der Waals surface area contributed by atoms with E-state index in [-0.39, 0.29) is 6.61 Å². The molecule has 1 N–H and O–H groups in total. The molecule has 1 aromatic heterocycles. The lowest BCUT2D eigenvalue weighted by Gasteiger charge is -2.18. The zero-order valence-electron chi connectivity index (χ0n) is 9.79. The van der Waals surface area contributed by atoms with Gasteiger partial charge in [-0.25, -0.2) is 0 Å². The van der Waals surface area contributed by atoms with E-state index in [9.17, 15) is 0 Å². The van der Waals surface area contributed by atoms with E-state index >= 15 is 0 Å². The molecule has 0 unspecified atom stereocenters. The van der Waals surface area contributed by atoms with Crippen LogP contribution in [0.25, 0.3) is 0 Å². The maximum atomic E-state index is 8.67. The monoisotopic (exact) mass is 212 g/mol. The Kier molecular flexibility index (Phi) is 4.62. The van der Waals surface area contributed by atoms with Gasteiger partial charge in [-0.3, -0.25) is 0 Å². The van der Waals surface area contributed by atoms with Crippen molar-refractivity contribution in [3.63, 3.8) is 0 Å². The van der Waals surface area contributed by atoms with Crippen LogP contribution < -0.4 is 4.90 Å². The Morgan fingerprint density at radius 2 is 2.00 bits per heavy atom. The summed E-state index contributed by atoms with van der Waals surface area (Å²) in [6.45, 7) is 5.15. The number of nitrogens with zero attached hydrogens (tertiary/aromatic N) is 2. The van der Waals surface area contributed by atoms with Gasteiger partial charge in [0.05, 0.1) is 0 Å². The molecule has 0 fully saturated rings. The van der Waals surface area contributed by atoms with Crippen LogP contribution in [0.2, 0.25) is 0 Å². The van der Waals surface area contributed by atoms with Crippen molar-refractivity contribution >= 4 is 5.69 Å². The molecule has 0 spiro atoms. The number of unbranched alkanes of at least 4 members (excludes halogenated alkanes) is 2. The quantitative estimate of drug-likeness (QED) is 0.732. The van der Waals surface area contributed by atoms with Gasteiger partial charge in [-0.1, -0.05) is 5.16 Å². The third-order valence-corrected chi connectivity index (χ3v) is 2.53. The maximum absolute atomic E-state index is 8.67. The standard InChI is InChI=1S/C11H20N2O2/c1-9-11(10(2)15-12-9)13(3)7-5-4-6-8-14/h14H,4-8H2,1-3H3. The Morgan fingerprint density at radius 3 is 2.53 bits per heavy atom. The summed E-state index contributed by atoms with van der Waals surface area (Å²) in [6, 6.07) is 0. The Bertz CT molecular complexity index is 277. The van der Waals surface area contributed by atoms with Gasteiger partial charge in [-0.15, -0.1) is 0 Å². The minimum Gasteiger partial charge on any atom is -0.396 e. The molecule has 0 bridgehead atoms. The Labute approximate surface area is 90.9 Å². The molecule has 0 aromatic carbocycles. The van der Waals surface area contributed by atoms with Gasteiger partial charge in [0.2, 0.25) is 0 Å². The first-order valence-corrected chi connectivity index (χ1v) is 5.41. The molecule has 1 heterocycles. The number of hydrogen-bond donors (Lipinski definition) is 1. The van der Waals surface area contributed by atoms with E-state index in [1.807, 2.05) is 20.9 Å². The molecule has 0 amide bonds. The lowest BCUT2D eigenvalue weighted by Crippen LogP contribution is -2.19. The van der Waals surface area contributed by atoms with Gasteiger partial charge in [-0.05, 0) is 33.1 Å². The molecule has 0 saturated heterocycles. The largest absolute Gasteiger partial charge is 0.396 e. The summed E-state index contributed by atoms with van der Waals surface area (Å²) in [6.07, 6.45) is 3.03. The zero-order chi connectivity index (χ0) is 11.3. The fourth-order valence-corrected chi connectivity index (χ4v) is 1.77. The van der Waals surface area contributed by atoms with E-state index in [0.717, 1.165) is 42.9 Å². The van der Waals surface area contributed by atoms with Crippen LogP contribution in [0.15, 0.2) is 4.52 Å². The van der Waals surface area contributed by atoms with Gasteiger partial charge in [-0.2, -0.15) is 0 Å². The number of aromatic nitrogens is 1. The Morgan fingerprint density at radius 1 is 1.27 bits per heavy atom. The molecule has 4 nitrogen and oxygen atoms in total. The minimum absolute atomic E-state index is 0.287. The molecule has 0 aliphatic rings. The number of aliphatic hydroxyl groups excluding tert-OH is 1. The highest BCUT2D eigenvalue weighted by atomic mass is 16.5. The number of aryl methyl sites for hydroxylation is 2. The van der Waals surface area contributed by atoms with Crippen molar-refractivity contribution in [3.05, 3.63) is 11.5 Å². The highest BCUT2D eigenvalue weighted by Crippen LogP contribution is 2.22. The van der Waals surface area contributed by atoms with Crippen LogP contribution in [-0.2, 0) is 0 Å². The average Bonchev–Trinajstić information content (AvgIpc) is 2.53. The smallest absolute Gasteiger partial charge is 0.157 e. The second kappa shape index (κ2) is 5.75. The van der Waals surface area contributed by atoms with Crippen LogP contribution in [0.1, 0.15) is 30.7 Å². The molecule has 0 radical (unpaired) electrons. The molecule has 4 heteroatoms. The summed E-state index contributed by atoms with van der Waals surface area (Å²) in [4.78, 5) is 2.17. The van der Waals surface area contributed by atoms with E-state index in [4.69, 9.17) is 9.63 Å². The van der Waals surface area contributed by atoms with Gasteiger partial charge in [0.25, 0.3) is 0 Å². The molecule has 15 heavy (non-hydrogen) atoms. The predicted octanol–water partition coefficient (Wildman–Crippen LogP) is 1.89. The number of rotatable bonds is 6. The van der Waals surface area contributed by atoms with Gasteiger partial charge in [0.1, 0.15) is 11.4 Å². The van der Waals surface area contributed by atoms with E-state index in [0.29, 0.717) is 0 Å². The van der Waals surface area contributed by atoms with E-state index in [1.54, 1.807) is 0 Å². The highest BCUT2D eigenvalue weighted by molar-refractivity contribution is 5.51. The molecular weight excluding hydrogens is 192 g/mol. The first-order valence-electron chi connectivity index (χ1n) is 5.41. The van der Waals surface area contributed by atoms with Crippen LogP contribution in [-0.4, -0.2) is 30.5 Å². The summed E-state index contributed by atoms with van der Waals surface area (Å²) in [7, 11) is 2.05. The molecule has 86 valence electrons. The van der Waals surface area contributed by atoms with E-state index in [2.05, 4.69) is 10.1 Å². The van der Waals surface area contributed by atoms with Gasteiger partial charge in [0, 0.05) is 20.2 Å². The van der Waals surface area contributed by atoms with Gasteiger partial charge < -0.3 is 14.5 Å². The van der Waals surface area contributed by atoms with Crippen LogP contribution in [0.4, 0.5) is 5.69 Å². The highest BCUT2D eigenvalue weighted by Gasteiger charge is 2.12. The summed E-state index contributed by atoms with van der Waals surface area (Å²) in [5, 5.41) is 12.6.